The molecule has 0 atom stereocenters. The molecule has 0 fully saturated rings. The molecule has 0 aromatic carbocycles. The quantitative estimate of drug-likeness (QED) is 0.726. The van der Waals surface area contributed by atoms with Crippen LogP contribution in [-0.4, -0.2) is 29.0 Å². The van der Waals surface area contributed by atoms with Crippen LogP contribution in [0.2, 0.25) is 5.15 Å². The summed E-state index contributed by atoms with van der Waals surface area (Å²) < 4.78 is 0. The Hall–Kier alpha value is -0.870. The summed E-state index contributed by atoms with van der Waals surface area (Å²) in [4.78, 5) is 10.0. The molecule has 4 nitrogen and oxygen atoms in total. The molecule has 0 saturated carbocycles. The van der Waals surface area contributed by atoms with Crippen molar-refractivity contribution in [3.05, 3.63) is 16.5 Å². The van der Waals surface area contributed by atoms with Gasteiger partial charge in [-0.1, -0.05) is 11.6 Å². The molecule has 0 saturated heterocycles. The molecule has 0 spiro atoms. The molecular weight excluding hydrogens is 188 g/mol. The van der Waals surface area contributed by atoms with E-state index in [9.17, 15) is 0 Å². The largest absolute Gasteiger partial charge is 0.383 e. The van der Waals surface area contributed by atoms with Crippen molar-refractivity contribution < 1.29 is 0 Å². The molecule has 1 rings (SSSR count). The zero-order chi connectivity index (χ0) is 10.0. The molecule has 0 bridgehead atoms. The number of nitrogens with zero attached hydrogens (tertiary/aromatic N) is 3. The highest BCUT2D eigenvalue weighted by Gasteiger charge is 2.09. The highest BCUT2D eigenvalue weighted by atomic mass is 35.5. The minimum Gasteiger partial charge on any atom is -0.383 e. The van der Waals surface area contributed by atoms with Crippen LogP contribution in [0.3, 0.4) is 0 Å². The summed E-state index contributed by atoms with van der Waals surface area (Å²) in [5.74, 6) is 1.07. The van der Waals surface area contributed by atoms with Gasteiger partial charge in [-0.2, -0.15) is 0 Å². The average molecular weight is 201 g/mol. The van der Waals surface area contributed by atoms with Crippen molar-refractivity contribution in [1.29, 1.82) is 0 Å². The van der Waals surface area contributed by atoms with E-state index in [0.717, 1.165) is 5.56 Å². The van der Waals surface area contributed by atoms with Crippen molar-refractivity contribution >= 4 is 17.4 Å². The predicted octanol–water partition coefficient (Wildman–Crippen LogP) is 1.08. The summed E-state index contributed by atoms with van der Waals surface area (Å²) in [6.07, 6.45) is 0. The minimum atomic E-state index is 0.443. The maximum absolute atomic E-state index is 5.92. The lowest BCUT2D eigenvalue weighted by molar-refractivity contribution is 0.402. The first kappa shape index (κ1) is 10.2. The van der Waals surface area contributed by atoms with Gasteiger partial charge in [0.05, 0.1) is 0 Å². The number of rotatable bonds is 2. The number of hydrogen-bond acceptors (Lipinski definition) is 4. The molecule has 72 valence electrons. The minimum absolute atomic E-state index is 0.443. The summed E-state index contributed by atoms with van der Waals surface area (Å²) in [5.41, 5.74) is 6.50. The molecule has 0 aliphatic heterocycles. The summed E-state index contributed by atoms with van der Waals surface area (Å²) in [5, 5.41) is 0.443. The average Bonchev–Trinajstić information content (AvgIpc) is 1.96. The summed E-state index contributed by atoms with van der Waals surface area (Å²) in [6.45, 7) is 2.42. The van der Waals surface area contributed by atoms with E-state index in [1.54, 1.807) is 6.92 Å². The van der Waals surface area contributed by atoms with Crippen molar-refractivity contribution in [3.63, 3.8) is 0 Å². The molecule has 5 heteroatoms. The molecule has 0 aliphatic carbocycles. The molecule has 0 aliphatic rings. The highest BCUT2D eigenvalue weighted by molar-refractivity contribution is 6.30. The number of aryl methyl sites for hydroxylation is 1. The van der Waals surface area contributed by atoms with Crippen LogP contribution in [0.1, 0.15) is 11.4 Å². The van der Waals surface area contributed by atoms with Gasteiger partial charge in [0.15, 0.2) is 0 Å². The van der Waals surface area contributed by atoms with Crippen molar-refractivity contribution in [2.24, 2.45) is 0 Å². The third-order valence-corrected chi connectivity index (χ3v) is 1.89. The van der Waals surface area contributed by atoms with E-state index in [1.807, 2.05) is 19.0 Å². The van der Waals surface area contributed by atoms with Crippen LogP contribution in [0.5, 0.6) is 0 Å². The smallest absolute Gasteiger partial charge is 0.139 e. The van der Waals surface area contributed by atoms with Gasteiger partial charge in [-0.15, -0.1) is 0 Å². The Kier molecular flexibility index (Phi) is 3.06. The van der Waals surface area contributed by atoms with Gasteiger partial charge in [0.2, 0.25) is 0 Å². The number of anilines is 1. The number of hydrogen-bond donors (Lipinski definition) is 1. The van der Waals surface area contributed by atoms with Crippen molar-refractivity contribution in [1.82, 2.24) is 14.9 Å². The van der Waals surface area contributed by atoms with Crippen LogP contribution < -0.4 is 5.73 Å². The van der Waals surface area contributed by atoms with Gasteiger partial charge >= 0.3 is 0 Å². The normalized spacial score (nSPS) is 10.8. The fourth-order valence-electron chi connectivity index (χ4n) is 1.04. The number of nitrogen functional groups attached to an aromatic ring is 1. The first-order valence-electron chi connectivity index (χ1n) is 3.94. The fourth-order valence-corrected chi connectivity index (χ4v) is 1.32. The summed E-state index contributed by atoms with van der Waals surface area (Å²) >= 11 is 5.92. The van der Waals surface area contributed by atoms with Crippen LogP contribution in [0.4, 0.5) is 5.82 Å². The van der Waals surface area contributed by atoms with Crippen molar-refractivity contribution in [2.75, 3.05) is 19.8 Å². The van der Waals surface area contributed by atoms with Gasteiger partial charge in [0, 0.05) is 12.1 Å². The number of aromatic nitrogens is 2. The van der Waals surface area contributed by atoms with E-state index in [-0.39, 0.29) is 0 Å². The molecule has 0 radical (unpaired) electrons. The Morgan fingerprint density at radius 3 is 2.46 bits per heavy atom. The number of nitrogens with two attached hydrogens (primary N) is 1. The van der Waals surface area contributed by atoms with Crippen molar-refractivity contribution in [2.45, 2.75) is 13.5 Å². The van der Waals surface area contributed by atoms with Crippen LogP contribution in [0.15, 0.2) is 0 Å². The van der Waals surface area contributed by atoms with E-state index >= 15 is 0 Å². The van der Waals surface area contributed by atoms with E-state index in [0.29, 0.717) is 23.3 Å². The monoisotopic (exact) mass is 200 g/mol. The summed E-state index contributed by atoms with van der Waals surface area (Å²) in [7, 11) is 3.88. The Labute approximate surface area is 82.7 Å². The van der Waals surface area contributed by atoms with E-state index < -0.39 is 0 Å². The lowest BCUT2D eigenvalue weighted by atomic mass is 10.3. The zero-order valence-corrected chi connectivity index (χ0v) is 8.76. The fraction of sp³-hybridized carbons (Fsp3) is 0.500. The Morgan fingerprint density at radius 2 is 2.00 bits per heavy atom. The topological polar surface area (TPSA) is 55.0 Å². The Balaban J connectivity index is 3.06. The van der Waals surface area contributed by atoms with Gasteiger partial charge in [-0.05, 0) is 21.0 Å². The Bertz CT molecular complexity index is 288. The summed E-state index contributed by atoms with van der Waals surface area (Å²) in [6, 6.07) is 0. The van der Waals surface area contributed by atoms with Gasteiger partial charge in [0.25, 0.3) is 0 Å². The second-order valence-corrected chi connectivity index (χ2v) is 3.52. The highest BCUT2D eigenvalue weighted by Crippen LogP contribution is 2.19. The van der Waals surface area contributed by atoms with E-state index in [4.69, 9.17) is 17.3 Å². The van der Waals surface area contributed by atoms with E-state index in [2.05, 4.69) is 9.97 Å². The first-order valence-corrected chi connectivity index (χ1v) is 4.31. The molecule has 1 aromatic heterocycles. The molecule has 0 unspecified atom stereocenters. The van der Waals surface area contributed by atoms with Crippen molar-refractivity contribution in [3.8, 4) is 0 Å². The predicted molar refractivity (Wildman–Crippen MR) is 53.6 cm³/mol. The first-order chi connectivity index (χ1) is 6.00. The maximum atomic E-state index is 5.92. The molecule has 1 heterocycles. The van der Waals surface area contributed by atoms with Gasteiger partial charge in [-0.25, -0.2) is 9.97 Å². The van der Waals surface area contributed by atoms with Crippen LogP contribution in [-0.2, 0) is 6.54 Å². The number of halogens is 1. The van der Waals surface area contributed by atoms with Gasteiger partial charge in [0.1, 0.15) is 16.8 Å². The molecular formula is C8H13ClN4. The molecule has 13 heavy (non-hydrogen) atoms. The second-order valence-electron chi connectivity index (χ2n) is 3.16. The molecule has 1 aromatic rings. The van der Waals surface area contributed by atoms with Crippen LogP contribution in [0.25, 0.3) is 0 Å². The molecule has 0 amide bonds. The SMILES string of the molecule is Cc1nc(N)c(CN(C)C)c(Cl)n1. The molecule has 2 N–H and O–H groups in total. The zero-order valence-electron chi connectivity index (χ0n) is 8.00. The lowest BCUT2D eigenvalue weighted by Gasteiger charge is -2.12. The standard InChI is InChI=1S/C8H13ClN4/c1-5-11-7(9)6(4-13(2)3)8(10)12-5/h4H2,1-3H3,(H2,10,11,12). The van der Waals surface area contributed by atoms with Crippen LogP contribution >= 0.6 is 11.6 Å². The lowest BCUT2D eigenvalue weighted by Crippen LogP contribution is -2.14. The van der Waals surface area contributed by atoms with Crippen LogP contribution in [0, 0.1) is 6.92 Å². The Morgan fingerprint density at radius 1 is 1.38 bits per heavy atom. The van der Waals surface area contributed by atoms with E-state index in [1.165, 1.54) is 0 Å². The maximum Gasteiger partial charge on any atom is 0.139 e. The van der Waals surface area contributed by atoms with Gasteiger partial charge < -0.3 is 10.6 Å². The van der Waals surface area contributed by atoms with Gasteiger partial charge in [-0.3, -0.25) is 0 Å². The third-order valence-electron chi connectivity index (χ3n) is 1.57. The second kappa shape index (κ2) is 3.89. The third kappa shape index (κ3) is 2.54.